The van der Waals surface area contributed by atoms with Crippen molar-refractivity contribution >= 4 is 11.5 Å². The topological polar surface area (TPSA) is 53.1 Å². The van der Waals surface area contributed by atoms with E-state index in [2.05, 4.69) is 0 Å². The van der Waals surface area contributed by atoms with Crippen LogP contribution >= 0.6 is 0 Å². The lowest BCUT2D eigenvalue weighted by Gasteiger charge is -2.20. The van der Waals surface area contributed by atoms with Crippen molar-refractivity contribution in [3.63, 3.8) is 0 Å². The maximum Gasteiger partial charge on any atom is 0.139 e. The number of hydrogen-bond acceptors (Lipinski definition) is 2. The molecule has 0 aliphatic heterocycles. The summed E-state index contributed by atoms with van der Waals surface area (Å²) in [7, 11) is 1.74. The minimum Gasteiger partial charge on any atom is -0.384 e. The fourth-order valence-corrected chi connectivity index (χ4v) is 1.97. The highest BCUT2D eigenvalue weighted by atomic mass is 19.1. The summed E-state index contributed by atoms with van der Waals surface area (Å²) in [6, 6.07) is 10.8. The van der Waals surface area contributed by atoms with Crippen LogP contribution in [0.4, 0.5) is 14.5 Å². The van der Waals surface area contributed by atoms with Gasteiger partial charge in [0.05, 0.1) is 5.56 Å². The van der Waals surface area contributed by atoms with Gasteiger partial charge in [0.2, 0.25) is 0 Å². The molecule has 0 aliphatic carbocycles. The lowest BCUT2D eigenvalue weighted by Crippen LogP contribution is -2.20. The van der Waals surface area contributed by atoms with Crippen molar-refractivity contribution in [1.82, 2.24) is 0 Å². The van der Waals surface area contributed by atoms with E-state index < -0.39 is 5.82 Å². The SMILES string of the molecule is CN(Cc1cccc(C(=N)N)c1F)c1cccc(F)c1. The van der Waals surface area contributed by atoms with Crippen molar-refractivity contribution in [3.8, 4) is 0 Å². The van der Waals surface area contributed by atoms with Gasteiger partial charge in [-0.15, -0.1) is 0 Å². The van der Waals surface area contributed by atoms with Gasteiger partial charge in [0.1, 0.15) is 17.5 Å². The number of halogens is 2. The van der Waals surface area contributed by atoms with Crippen molar-refractivity contribution in [2.24, 2.45) is 5.73 Å². The molecule has 0 bridgehead atoms. The van der Waals surface area contributed by atoms with Gasteiger partial charge in [-0.05, 0) is 24.3 Å². The predicted octanol–water partition coefficient (Wildman–Crippen LogP) is 2.89. The number of nitrogens with two attached hydrogens (primary N) is 1. The second-order valence-electron chi connectivity index (χ2n) is 4.53. The summed E-state index contributed by atoms with van der Waals surface area (Å²) >= 11 is 0. The molecule has 0 aromatic heterocycles. The van der Waals surface area contributed by atoms with E-state index in [0.29, 0.717) is 11.3 Å². The van der Waals surface area contributed by atoms with Gasteiger partial charge in [0.25, 0.3) is 0 Å². The maximum atomic E-state index is 14.2. The zero-order chi connectivity index (χ0) is 14.7. The summed E-state index contributed by atoms with van der Waals surface area (Å²) in [6.07, 6.45) is 0. The quantitative estimate of drug-likeness (QED) is 0.666. The van der Waals surface area contributed by atoms with Gasteiger partial charge in [0, 0.05) is 24.8 Å². The number of benzene rings is 2. The smallest absolute Gasteiger partial charge is 0.139 e. The zero-order valence-corrected chi connectivity index (χ0v) is 11.0. The van der Waals surface area contributed by atoms with Crippen LogP contribution < -0.4 is 10.6 Å². The van der Waals surface area contributed by atoms with Crippen LogP contribution in [0.1, 0.15) is 11.1 Å². The fraction of sp³-hybridized carbons (Fsp3) is 0.133. The first-order valence-electron chi connectivity index (χ1n) is 6.07. The Morgan fingerprint density at radius 2 is 1.90 bits per heavy atom. The molecule has 0 radical (unpaired) electrons. The van der Waals surface area contributed by atoms with E-state index in [-0.39, 0.29) is 23.8 Å². The molecule has 3 N–H and O–H groups in total. The van der Waals surface area contributed by atoms with Gasteiger partial charge in [-0.3, -0.25) is 5.41 Å². The first-order chi connectivity index (χ1) is 9.49. The van der Waals surface area contributed by atoms with Crippen LogP contribution in [0.3, 0.4) is 0 Å². The van der Waals surface area contributed by atoms with Crippen LogP contribution in [0.25, 0.3) is 0 Å². The molecule has 0 fully saturated rings. The lowest BCUT2D eigenvalue weighted by molar-refractivity contribution is 0.604. The van der Waals surface area contributed by atoms with Gasteiger partial charge < -0.3 is 10.6 Å². The molecule has 2 aromatic rings. The number of anilines is 1. The third-order valence-corrected chi connectivity index (χ3v) is 3.03. The molecule has 2 rings (SSSR count). The number of hydrogen-bond donors (Lipinski definition) is 2. The van der Waals surface area contributed by atoms with Crippen LogP contribution in [0, 0.1) is 17.0 Å². The Morgan fingerprint density at radius 3 is 2.55 bits per heavy atom. The van der Waals surface area contributed by atoms with Crippen molar-refractivity contribution in [2.45, 2.75) is 6.54 Å². The maximum absolute atomic E-state index is 14.2. The van der Waals surface area contributed by atoms with Crippen molar-refractivity contribution in [1.29, 1.82) is 5.41 Å². The van der Waals surface area contributed by atoms with E-state index in [4.69, 9.17) is 11.1 Å². The Labute approximate surface area is 116 Å². The van der Waals surface area contributed by atoms with Crippen molar-refractivity contribution < 1.29 is 8.78 Å². The third-order valence-electron chi connectivity index (χ3n) is 3.03. The van der Waals surface area contributed by atoms with Gasteiger partial charge >= 0.3 is 0 Å². The van der Waals surface area contributed by atoms with Gasteiger partial charge in [-0.25, -0.2) is 8.78 Å². The van der Waals surface area contributed by atoms with Crippen LogP contribution in [-0.4, -0.2) is 12.9 Å². The summed E-state index contributed by atoms with van der Waals surface area (Å²) in [5.41, 5.74) is 6.46. The Morgan fingerprint density at radius 1 is 1.20 bits per heavy atom. The van der Waals surface area contributed by atoms with Gasteiger partial charge in [0.15, 0.2) is 0 Å². The first kappa shape index (κ1) is 14.0. The van der Waals surface area contributed by atoms with Crippen LogP contribution in [0.2, 0.25) is 0 Å². The molecule has 0 spiro atoms. The van der Waals surface area contributed by atoms with Crippen LogP contribution in [0.15, 0.2) is 42.5 Å². The van der Waals surface area contributed by atoms with Crippen molar-refractivity contribution in [2.75, 3.05) is 11.9 Å². The van der Waals surface area contributed by atoms with Gasteiger partial charge in [-0.1, -0.05) is 18.2 Å². The predicted molar refractivity (Wildman–Crippen MR) is 75.9 cm³/mol. The fourth-order valence-electron chi connectivity index (χ4n) is 1.97. The molecule has 0 atom stereocenters. The summed E-state index contributed by atoms with van der Waals surface area (Å²) in [6.45, 7) is 0.260. The number of amidine groups is 1. The molecule has 0 saturated heterocycles. The van der Waals surface area contributed by atoms with E-state index in [1.54, 1.807) is 36.2 Å². The van der Waals surface area contributed by atoms with Crippen LogP contribution in [0.5, 0.6) is 0 Å². The minimum absolute atomic E-state index is 0.0788. The Balaban J connectivity index is 2.26. The van der Waals surface area contributed by atoms with Crippen LogP contribution in [-0.2, 0) is 6.54 Å². The average Bonchev–Trinajstić information content (AvgIpc) is 2.40. The highest BCUT2D eigenvalue weighted by Gasteiger charge is 2.12. The second-order valence-corrected chi connectivity index (χ2v) is 4.53. The van der Waals surface area contributed by atoms with E-state index in [0.717, 1.165) is 0 Å². The first-order valence-corrected chi connectivity index (χ1v) is 6.07. The Hall–Kier alpha value is -2.43. The molecule has 0 saturated carbocycles. The zero-order valence-electron chi connectivity index (χ0n) is 11.0. The largest absolute Gasteiger partial charge is 0.384 e. The molecule has 0 aliphatic rings. The highest BCUT2D eigenvalue weighted by Crippen LogP contribution is 2.19. The summed E-state index contributed by atoms with van der Waals surface area (Å²) < 4.78 is 27.3. The third kappa shape index (κ3) is 2.93. The number of nitrogens with zero attached hydrogens (tertiary/aromatic N) is 1. The standard InChI is InChI=1S/C15H15F2N3/c1-20(12-6-3-5-11(16)8-12)9-10-4-2-7-13(14(10)17)15(18)19/h2-8H,9H2,1H3,(H3,18,19). The summed E-state index contributed by atoms with van der Waals surface area (Å²) in [5.74, 6) is -1.16. The molecule has 0 heterocycles. The molecule has 0 amide bonds. The van der Waals surface area contributed by atoms with E-state index in [1.807, 2.05) is 0 Å². The van der Waals surface area contributed by atoms with E-state index in [9.17, 15) is 8.78 Å². The molecular weight excluding hydrogens is 260 g/mol. The molecule has 104 valence electrons. The molecule has 20 heavy (non-hydrogen) atoms. The van der Waals surface area contributed by atoms with E-state index >= 15 is 0 Å². The average molecular weight is 275 g/mol. The molecule has 2 aromatic carbocycles. The Kier molecular flexibility index (Phi) is 3.98. The summed E-state index contributed by atoms with van der Waals surface area (Å²) in [5, 5.41) is 7.32. The normalized spacial score (nSPS) is 10.3. The molecule has 3 nitrogen and oxygen atoms in total. The monoisotopic (exact) mass is 275 g/mol. The van der Waals surface area contributed by atoms with Crippen molar-refractivity contribution in [3.05, 3.63) is 65.2 Å². The minimum atomic E-state index is -0.511. The number of rotatable bonds is 4. The number of nitrogen functional groups attached to an aromatic ring is 1. The summed E-state index contributed by atoms with van der Waals surface area (Å²) in [4.78, 5) is 1.73. The van der Waals surface area contributed by atoms with E-state index in [1.165, 1.54) is 18.2 Å². The lowest BCUT2D eigenvalue weighted by atomic mass is 10.1. The molecule has 0 unspecified atom stereocenters. The molecule has 5 heteroatoms. The second kappa shape index (κ2) is 5.69. The molecular formula is C15H15F2N3. The number of nitrogens with one attached hydrogen (secondary N) is 1. The highest BCUT2D eigenvalue weighted by molar-refractivity contribution is 5.95. The van der Waals surface area contributed by atoms with Gasteiger partial charge in [-0.2, -0.15) is 0 Å². The Bertz CT molecular complexity index is 641.